The van der Waals surface area contributed by atoms with Crippen LogP contribution in [0.5, 0.6) is 0 Å². The van der Waals surface area contributed by atoms with Crippen molar-refractivity contribution < 1.29 is 4.79 Å². The van der Waals surface area contributed by atoms with Gasteiger partial charge in [-0.3, -0.25) is 4.79 Å². The molecule has 0 saturated heterocycles. The summed E-state index contributed by atoms with van der Waals surface area (Å²) in [6, 6.07) is 7.31. The molecule has 0 aliphatic carbocycles. The maximum Gasteiger partial charge on any atom is 0.162 e. The fourth-order valence-corrected chi connectivity index (χ4v) is 2.17. The molecule has 2 rings (SSSR count). The van der Waals surface area contributed by atoms with Crippen molar-refractivity contribution in [1.82, 2.24) is 4.37 Å². The minimum atomic E-state index is 0.0358. The molecule has 4 heteroatoms. The molecule has 0 atom stereocenters. The van der Waals surface area contributed by atoms with Crippen molar-refractivity contribution in [2.45, 2.75) is 6.92 Å². The van der Waals surface area contributed by atoms with Gasteiger partial charge in [-0.2, -0.15) is 4.37 Å². The van der Waals surface area contributed by atoms with E-state index in [1.807, 2.05) is 12.1 Å². The van der Waals surface area contributed by atoms with Crippen molar-refractivity contribution in [1.29, 1.82) is 0 Å². The van der Waals surface area contributed by atoms with Gasteiger partial charge in [0.05, 0.1) is 11.3 Å². The van der Waals surface area contributed by atoms with Gasteiger partial charge in [-0.15, -0.1) is 0 Å². The van der Waals surface area contributed by atoms with E-state index in [0.29, 0.717) is 10.6 Å². The van der Waals surface area contributed by atoms with E-state index in [-0.39, 0.29) is 5.78 Å². The molecule has 0 N–H and O–H groups in total. The van der Waals surface area contributed by atoms with Crippen molar-refractivity contribution in [2.75, 3.05) is 0 Å². The molecule has 0 spiro atoms. The molecule has 1 aromatic heterocycles. The van der Waals surface area contributed by atoms with Gasteiger partial charge in [0, 0.05) is 16.0 Å². The minimum absolute atomic E-state index is 0.0358. The standard InChI is InChI=1S/C11H8ClNOS/c1-7(14)10-6-15-13-11(10)8-2-4-9(12)5-3-8/h2-6H,1H3. The van der Waals surface area contributed by atoms with Gasteiger partial charge < -0.3 is 0 Å². The van der Waals surface area contributed by atoms with Gasteiger partial charge in [-0.05, 0) is 30.6 Å². The van der Waals surface area contributed by atoms with Crippen LogP contribution in [0.15, 0.2) is 29.6 Å². The number of aromatic nitrogens is 1. The Morgan fingerprint density at radius 2 is 2.00 bits per heavy atom. The van der Waals surface area contributed by atoms with Crippen molar-refractivity contribution in [2.24, 2.45) is 0 Å². The molecule has 0 unspecified atom stereocenters. The van der Waals surface area contributed by atoms with Gasteiger partial charge in [-0.1, -0.05) is 23.7 Å². The summed E-state index contributed by atoms with van der Waals surface area (Å²) in [5.74, 6) is 0.0358. The summed E-state index contributed by atoms with van der Waals surface area (Å²) in [7, 11) is 0. The Morgan fingerprint density at radius 1 is 1.33 bits per heavy atom. The van der Waals surface area contributed by atoms with E-state index in [0.717, 1.165) is 11.3 Å². The zero-order chi connectivity index (χ0) is 10.8. The van der Waals surface area contributed by atoms with E-state index in [9.17, 15) is 4.79 Å². The monoisotopic (exact) mass is 237 g/mol. The number of Topliss-reactive ketones (excluding diaryl/α,β-unsaturated/α-hetero) is 1. The van der Waals surface area contributed by atoms with Crippen LogP contribution < -0.4 is 0 Å². The number of benzene rings is 1. The normalized spacial score (nSPS) is 10.3. The third kappa shape index (κ3) is 2.08. The Bertz CT molecular complexity index is 490. The van der Waals surface area contributed by atoms with Crippen LogP contribution in [0.25, 0.3) is 11.3 Å². The summed E-state index contributed by atoms with van der Waals surface area (Å²) in [6.45, 7) is 1.54. The van der Waals surface area contributed by atoms with Crippen molar-refractivity contribution in [3.63, 3.8) is 0 Å². The van der Waals surface area contributed by atoms with Crippen LogP contribution in [0.1, 0.15) is 17.3 Å². The summed E-state index contributed by atoms with van der Waals surface area (Å²) in [4.78, 5) is 11.3. The predicted molar refractivity (Wildman–Crippen MR) is 62.6 cm³/mol. The van der Waals surface area contributed by atoms with E-state index < -0.39 is 0 Å². The molecule has 15 heavy (non-hydrogen) atoms. The van der Waals surface area contributed by atoms with Crippen LogP contribution in [0.3, 0.4) is 0 Å². The lowest BCUT2D eigenvalue weighted by Crippen LogP contribution is -1.92. The first kappa shape index (κ1) is 10.3. The first-order valence-electron chi connectivity index (χ1n) is 4.40. The lowest BCUT2D eigenvalue weighted by atomic mass is 10.1. The molecule has 1 aromatic carbocycles. The number of carbonyl (C=O) groups is 1. The third-order valence-corrected chi connectivity index (χ3v) is 2.95. The second kappa shape index (κ2) is 4.13. The van der Waals surface area contributed by atoms with Gasteiger partial charge in [0.2, 0.25) is 0 Å². The highest BCUT2D eigenvalue weighted by Crippen LogP contribution is 2.25. The van der Waals surface area contributed by atoms with Crippen LogP contribution in [0.2, 0.25) is 5.02 Å². The lowest BCUT2D eigenvalue weighted by Gasteiger charge is -1.99. The van der Waals surface area contributed by atoms with Crippen molar-refractivity contribution >= 4 is 28.9 Å². The van der Waals surface area contributed by atoms with E-state index in [1.54, 1.807) is 24.4 Å². The number of hydrogen-bond acceptors (Lipinski definition) is 3. The minimum Gasteiger partial charge on any atom is -0.294 e. The van der Waals surface area contributed by atoms with Gasteiger partial charge in [0.25, 0.3) is 0 Å². The summed E-state index contributed by atoms with van der Waals surface area (Å²) >= 11 is 7.08. The third-order valence-electron chi connectivity index (χ3n) is 2.07. The Kier molecular flexibility index (Phi) is 2.84. The molecule has 0 amide bonds. The van der Waals surface area contributed by atoms with Gasteiger partial charge in [0.15, 0.2) is 5.78 Å². The smallest absolute Gasteiger partial charge is 0.162 e. The summed E-state index contributed by atoms with van der Waals surface area (Å²) in [5.41, 5.74) is 2.33. The quantitative estimate of drug-likeness (QED) is 0.746. The van der Waals surface area contributed by atoms with E-state index in [4.69, 9.17) is 11.6 Å². The fourth-order valence-electron chi connectivity index (χ4n) is 1.30. The van der Waals surface area contributed by atoms with Gasteiger partial charge in [0.1, 0.15) is 0 Å². The zero-order valence-corrected chi connectivity index (χ0v) is 9.60. The van der Waals surface area contributed by atoms with Gasteiger partial charge >= 0.3 is 0 Å². The van der Waals surface area contributed by atoms with E-state index in [1.165, 1.54) is 11.5 Å². The Balaban J connectivity index is 2.49. The number of carbonyl (C=O) groups excluding carboxylic acids is 1. The highest BCUT2D eigenvalue weighted by molar-refractivity contribution is 7.04. The Morgan fingerprint density at radius 3 is 2.60 bits per heavy atom. The first-order valence-corrected chi connectivity index (χ1v) is 5.61. The molecule has 0 fully saturated rings. The fraction of sp³-hybridized carbons (Fsp3) is 0.0909. The SMILES string of the molecule is CC(=O)c1csnc1-c1ccc(Cl)cc1. The number of nitrogens with zero attached hydrogens (tertiary/aromatic N) is 1. The zero-order valence-electron chi connectivity index (χ0n) is 8.03. The summed E-state index contributed by atoms with van der Waals surface area (Å²) in [5, 5.41) is 2.45. The van der Waals surface area contributed by atoms with Gasteiger partial charge in [-0.25, -0.2) is 0 Å². The highest BCUT2D eigenvalue weighted by atomic mass is 35.5. The second-order valence-corrected chi connectivity index (χ2v) is 4.21. The van der Waals surface area contributed by atoms with Crippen LogP contribution >= 0.6 is 23.1 Å². The number of halogens is 1. The largest absolute Gasteiger partial charge is 0.294 e. The molecule has 2 nitrogen and oxygen atoms in total. The van der Waals surface area contributed by atoms with Crippen LogP contribution in [0, 0.1) is 0 Å². The predicted octanol–water partition coefficient (Wildman–Crippen LogP) is 3.67. The van der Waals surface area contributed by atoms with E-state index >= 15 is 0 Å². The maximum absolute atomic E-state index is 11.3. The molecule has 0 bridgehead atoms. The summed E-state index contributed by atoms with van der Waals surface area (Å²) in [6.07, 6.45) is 0. The van der Waals surface area contributed by atoms with Crippen LogP contribution in [-0.2, 0) is 0 Å². The molecule has 76 valence electrons. The molecule has 2 aromatic rings. The van der Waals surface area contributed by atoms with Crippen molar-refractivity contribution in [3.05, 3.63) is 40.2 Å². The van der Waals surface area contributed by atoms with Crippen molar-refractivity contribution in [3.8, 4) is 11.3 Å². The molecule has 0 aliphatic heterocycles. The number of ketones is 1. The average Bonchev–Trinajstić information content (AvgIpc) is 2.67. The Labute approximate surface area is 96.7 Å². The molecule has 0 aliphatic rings. The first-order chi connectivity index (χ1) is 7.18. The van der Waals surface area contributed by atoms with Crippen LogP contribution in [-0.4, -0.2) is 10.2 Å². The highest BCUT2D eigenvalue weighted by Gasteiger charge is 2.11. The molecule has 0 saturated carbocycles. The Hall–Kier alpha value is -1.19. The number of rotatable bonds is 2. The molecule has 0 radical (unpaired) electrons. The van der Waals surface area contributed by atoms with Crippen LogP contribution in [0.4, 0.5) is 0 Å². The molecular weight excluding hydrogens is 230 g/mol. The summed E-state index contributed by atoms with van der Waals surface area (Å²) < 4.78 is 4.22. The molecule has 1 heterocycles. The van der Waals surface area contributed by atoms with E-state index in [2.05, 4.69) is 4.37 Å². The topological polar surface area (TPSA) is 30.0 Å². The molecular formula is C11H8ClNOS. The lowest BCUT2D eigenvalue weighted by molar-refractivity contribution is 0.101. The maximum atomic E-state index is 11.3. The second-order valence-electron chi connectivity index (χ2n) is 3.14. The number of hydrogen-bond donors (Lipinski definition) is 0. The average molecular weight is 238 g/mol.